The van der Waals surface area contributed by atoms with Crippen molar-refractivity contribution >= 4 is 23.2 Å². The smallest absolute Gasteiger partial charge is 0.258 e. The van der Waals surface area contributed by atoms with E-state index in [1.807, 2.05) is 12.1 Å². The lowest BCUT2D eigenvalue weighted by Crippen LogP contribution is -2.29. The molecule has 0 unspecified atom stereocenters. The van der Waals surface area contributed by atoms with Crippen LogP contribution in [-0.2, 0) is 0 Å². The zero-order chi connectivity index (χ0) is 17.5. The number of nitrogens with zero attached hydrogens (tertiary/aromatic N) is 3. The van der Waals surface area contributed by atoms with Crippen LogP contribution in [0, 0.1) is 0 Å². The molecule has 6 nitrogen and oxygen atoms in total. The monoisotopic (exact) mass is 339 g/mol. The van der Waals surface area contributed by atoms with Gasteiger partial charge >= 0.3 is 0 Å². The lowest BCUT2D eigenvalue weighted by molar-refractivity contribution is 0.102. The molecule has 25 heavy (non-hydrogen) atoms. The zero-order valence-corrected chi connectivity index (χ0v) is 14.7. The van der Waals surface area contributed by atoms with E-state index in [1.165, 1.54) is 24.9 Å². The summed E-state index contributed by atoms with van der Waals surface area (Å²) in [5.41, 5.74) is 2.44. The summed E-state index contributed by atoms with van der Waals surface area (Å²) >= 11 is 0. The number of aromatic nitrogens is 2. The third-order valence-corrected chi connectivity index (χ3v) is 4.29. The Morgan fingerprint density at radius 3 is 2.40 bits per heavy atom. The second-order valence-corrected chi connectivity index (χ2v) is 6.27. The predicted molar refractivity (Wildman–Crippen MR) is 101 cm³/mol. The summed E-state index contributed by atoms with van der Waals surface area (Å²) in [6.07, 6.45) is 7.91. The Morgan fingerprint density at radius 1 is 1.08 bits per heavy atom. The summed E-state index contributed by atoms with van der Waals surface area (Å²) in [4.78, 5) is 23.0. The van der Waals surface area contributed by atoms with Crippen LogP contribution in [0.15, 0.2) is 36.7 Å². The van der Waals surface area contributed by atoms with Crippen LogP contribution >= 0.6 is 0 Å². The molecule has 1 aromatic heterocycles. The van der Waals surface area contributed by atoms with Crippen molar-refractivity contribution in [2.75, 3.05) is 35.2 Å². The summed E-state index contributed by atoms with van der Waals surface area (Å²) in [7, 11) is 0. The zero-order valence-electron chi connectivity index (χ0n) is 14.7. The lowest BCUT2D eigenvalue weighted by atomic mass is 10.1. The molecule has 132 valence electrons. The number of rotatable bonds is 6. The van der Waals surface area contributed by atoms with Gasteiger partial charge in [-0.05, 0) is 49.9 Å². The van der Waals surface area contributed by atoms with Gasteiger partial charge in [0.1, 0.15) is 0 Å². The number of hydrogen-bond acceptors (Lipinski definition) is 5. The number of carbonyl (C=O) groups excluding carboxylic acids is 1. The van der Waals surface area contributed by atoms with E-state index in [9.17, 15) is 4.79 Å². The van der Waals surface area contributed by atoms with Gasteiger partial charge in [0.05, 0.1) is 5.56 Å². The highest BCUT2D eigenvalue weighted by atomic mass is 16.1. The number of carbonyl (C=O) groups is 1. The van der Waals surface area contributed by atoms with Crippen molar-refractivity contribution < 1.29 is 4.79 Å². The molecule has 1 fully saturated rings. The van der Waals surface area contributed by atoms with Crippen molar-refractivity contribution in [3.8, 4) is 0 Å². The molecule has 2 heterocycles. The highest BCUT2D eigenvalue weighted by molar-refractivity contribution is 6.03. The second kappa shape index (κ2) is 8.46. The van der Waals surface area contributed by atoms with Crippen molar-refractivity contribution in [1.82, 2.24) is 9.97 Å². The van der Waals surface area contributed by atoms with Crippen LogP contribution in [0.25, 0.3) is 0 Å². The third kappa shape index (κ3) is 4.68. The van der Waals surface area contributed by atoms with Gasteiger partial charge in [0.2, 0.25) is 5.95 Å². The van der Waals surface area contributed by atoms with Crippen molar-refractivity contribution in [2.24, 2.45) is 0 Å². The molecule has 2 aromatic rings. The number of hydrogen-bond donors (Lipinski definition) is 2. The Morgan fingerprint density at radius 2 is 1.76 bits per heavy atom. The van der Waals surface area contributed by atoms with Crippen LogP contribution < -0.4 is 15.5 Å². The van der Waals surface area contributed by atoms with Crippen LogP contribution in [0.3, 0.4) is 0 Å². The van der Waals surface area contributed by atoms with Gasteiger partial charge in [-0.2, -0.15) is 0 Å². The van der Waals surface area contributed by atoms with E-state index in [2.05, 4.69) is 44.6 Å². The second-order valence-electron chi connectivity index (χ2n) is 6.27. The lowest BCUT2D eigenvalue weighted by Gasteiger charge is -2.28. The molecule has 0 aliphatic carbocycles. The number of anilines is 3. The van der Waals surface area contributed by atoms with Gasteiger partial charge in [0.25, 0.3) is 5.91 Å². The molecule has 0 bridgehead atoms. The quantitative estimate of drug-likeness (QED) is 0.842. The fraction of sp³-hybridized carbons (Fsp3) is 0.421. The van der Waals surface area contributed by atoms with Gasteiger partial charge in [-0.3, -0.25) is 4.79 Å². The first-order chi connectivity index (χ1) is 12.3. The van der Waals surface area contributed by atoms with Crippen LogP contribution in [-0.4, -0.2) is 35.5 Å². The molecule has 1 aromatic carbocycles. The Labute approximate surface area is 148 Å². The Balaban J connectivity index is 1.58. The molecule has 6 heteroatoms. The molecule has 0 radical (unpaired) electrons. The van der Waals surface area contributed by atoms with Crippen LogP contribution in [0.4, 0.5) is 17.3 Å². The topological polar surface area (TPSA) is 70.2 Å². The van der Waals surface area contributed by atoms with Gasteiger partial charge in [-0.25, -0.2) is 9.97 Å². The van der Waals surface area contributed by atoms with E-state index in [0.29, 0.717) is 11.5 Å². The molecule has 1 amide bonds. The average molecular weight is 339 g/mol. The van der Waals surface area contributed by atoms with Gasteiger partial charge in [0.15, 0.2) is 0 Å². The molecular formula is C19H25N5O. The van der Waals surface area contributed by atoms with E-state index in [4.69, 9.17) is 0 Å². The van der Waals surface area contributed by atoms with E-state index in [1.54, 1.807) is 12.4 Å². The normalized spacial score (nSPS) is 14.2. The molecule has 0 atom stereocenters. The largest absolute Gasteiger partial charge is 0.372 e. The minimum atomic E-state index is -0.201. The fourth-order valence-corrected chi connectivity index (χ4v) is 2.88. The summed E-state index contributed by atoms with van der Waals surface area (Å²) in [5, 5.41) is 5.98. The third-order valence-electron chi connectivity index (χ3n) is 4.29. The van der Waals surface area contributed by atoms with Crippen LogP contribution in [0.1, 0.15) is 43.0 Å². The van der Waals surface area contributed by atoms with Crippen molar-refractivity contribution in [2.45, 2.75) is 32.6 Å². The van der Waals surface area contributed by atoms with Crippen LogP contribution in [0.2, 0.25) is 0 Å². The first-order valence-electron chi connectivity index (χ1n) is 8.98. The number of nitrogens with one attached hydrogen (secondary N) is 2. The minimum Gasteiger partial charge on any atom is -0.372 e. The maximum atomic E-state index is 12.3. The van der Waals surface area contributed by atoms with Crippen molar-refractivity contribution in [3.05, 3.63) is 42.2 Å². The Bertz CT molecular complexity index is 678. The molecule has 1 saturated heterocycles. The number of benzene rings is 1. The minimum absolute atomic E-state index is 0.201. The molecule has 0 saturated carbocycles. The van der Waals surface area contributed by atoms with Gasteiger partial charge < -0.3 is 15.5 Å². The van der Waals surface area contributed by atoms with Crippen molar-refractivity contribution in [1.29, 1.82) is 0 Å². The summed E-state index contributed by atoms with van der Waals surface area (Å²) < 4.78 is 0. The first kappa shape index (κ1) is 17.2. The van der Waals surface area contributed by atoms with Crippen LogP contribution in [0.5, 0.6) is 0 Å². The van der Waals surface area contributed by atoms with Crippen molar-refractivity contribution in [3.63, 3.8) is 0 Å². The first-order valence-corrected chi connectivity index (χ1v) is 8.98. The van der Waals surface area contributed by atoms with Gasteiger partial charge in [-0.1, -0.05) is 6.92 Å². The molecule has 1 aliphatic rings. The van der Waals surface area contributed by atoms with E-state index in [-0.39, 0.29) is 5.91 Å². The van der Waals surface area contributed by atoms with E-state index in [0.717, 1.165) is 31.7 Å². The Kier molecular flexibility index (Phi) is 5.82. The summed E-state index contributed by atoms with van der Waals surface area (Å²) in [6, 6.07) is 8.02. The molecule has 0 spiro atoms. The summed E-state index contributed by atoms with van der Waals surface area (Å²) in [6.45, 7) is 5.11. The highest BCUT2D eigenvalue weighted by Crippen LogP contribution is 2.22. The molecule has 1 aliphatic heterocycles. The van der Waals surface area contributed by atoms with E-state index < -0.39 is 0 Å². The maximum Gasteiger partial charge on any atom is 0.258 e. The Hall–Kier alpha value is -2.63. The standard InChI is InChI=1S/C19H25N5O/c1-2-10-20-19-21-13-15(14-22-19)18(25)23-16-6-8-17(9-7-16)24-11-4-3-5-12-24/h6-9,13-14H,2-5,10-12H2,1H3,(H,23,25)(H,20,21,22). The number of amides is 1. The fourth-order valence-electron chi connectivity index (χ4n) is 2.88. The number of piperidine rings is 1. The highest BCUT2D eigenvalue weighted by Gasteiger charge is 2.11. The van der Waals surface area contributed by atoms with E-state index >= 15 is 0 Å². The molecule has 3 rings (SSSR count). The molecule has 2 N–H and O–H groups in total. The van der Waals surface area contributed by atoms with Gasteiger partial charge in [0, 0.05) is 43.4 Å². The van der Waals surface area contributed by atoms with Gasteiger partial charge in [-0.15, -0.1) is 0 Å². The SMILES string of the molecule is CCCNc1ncc(C(=O)Nc2ccc(N3CCCCC3)cc2)cn1. The predicted octanol–water partition coefficient (Wildman–Crippen LogP) is 3.54. The average Bonchev–Trinajstić information content (AvgIpc) is 2.68. The summed E-state index contributed by atoms with van der Waals surface area (Å²) in [5.74, 6) is 0.344. The molecular weight excluding hydrogens is 314 g/mol. The maximum absolute atomic E-state index is 12.3.